The van der Waals surface area contributed by atoms with Crippen molar-refractivity contribution in [1.29, 1.82) is 0 Å². The third-order valence-corrected chi connectivity index (χ3v) is 6.18. The highest BCUT2D eigenvalue weighted by Gasteiger charge is 2.20. The van der Waals surface area contributed by atoms with E-state index in [4.69, 9.17) is 9.72 Å². The van der Waals surface area contributed by atoms with Crippen LogP contribution in [0.1, 0.15) is 82.0 Å². The Morgan fingerprint density at radius 1 is 1.00 bits per heavy atom. The lowest BCUT2D eigenvalue weighted by atomic mass is 10.1. The van der Waals surface area contributed by atoms with Crippen molar-refractivity contribution in [3.05, 3.63) is 35.3 Å². The zero-order valence-electron chi connectivity index (χ0n) is 23.0. The number of aryl methyl sites for hydroxylation is 2. The Hall–Kier alpha value is -2.41. The summed E-state index contributed by atoms with van der Waals surface area (Å²) in [6.07, 6.45) is 6.58. The number of pyridine rings is 1. The number of imidazole rings is 1. The monoisotopic (exact) mass is 486 g/mol. The van der Waals surface area contributed by atoms with E-state index in [0.29, 0.717) is 36.8 Å². The number of hydrogen-bond donors (Lipinski definition) is 0. The van der Waals surface area contributed by atoms with E-state index in [2.05, 4.69) is 51.1 Å². The quantitative estimate of drug-likeness (QED) is 0.336. The summed E-state index contributed by atoms with van der Waals surface area (Å²) >= 11 is 0. The summed E-state index contributed by atoms with van der Waals surface area (Å²) in [6.45, 7) is 13.5. The van der Waals surface area contributed by atoms with E-state index < -0.39 is 0 Å². The molecule has 1 amide bonds. The molecule has 0 bridgehead atoms. The maximum atomic E-state index is 13.5. The fraction of sp³-hybridized carbons (Fsp3) is 0.679. The Labute approximate surface area is 211 Å². The molecule has 0 aliphatic heterocycles. The second kappa shape index (κ2) is 14.2. The smallest absolute Gasteiger partial charge is 0.306 e. The fourth-order valence-electron chi connectivity index (χ4n) is 4.08. The molecule has 0 radical (unpaired) electrons. The SMILES string of the molecule is CCOC(=O)CCc1nc2ccc(C(=O)N(CCC(C)C)CCC(C)C)cn2c1CCCN(C)C. The van der Waals surface area contributed by atoms with Crippen molar-refractivity contribution >= 4 is 17.5 Å². The normalized spacial score (nSPS) is 11.7. The van der Waals surface area contributed by atoms with Crippen LogP contribution in [0.3, 0.4) is 0 Å². The molecule has 196 valence electrons. The average molecular weight is 487 g/mol. The zero-order valence-corrected chi connectivity index (χ0v) is 23.0. The third kappa shape index (κ3) is 9.28. The summed E-state index contributed by atoms with van der Waals surface area (Å²) in [5, 5.41) is 0. The van der Waals surface area contributed by atoms with Crippen molar-refractivity contribution in [2.24, 2.45) is 11.8 Å². The van der Waals surface area contributed by atoms with Gasteiger partial charge in [0.2, 0.25) is 0 Å². The number of aromatic nitrogens is 2. The van der Waals surface area contributed by atoms with Crippen LogP contribution in [-0.4, -0.2) is 71.4 Å². The molecule has 7 heteroatoms. The molecule has 0 aliphatic rings. The minimum Gasteiger partial charge on any atom is -0.466 e. The minimum absolute atomic E-state index is 0.0780. The van der Waals surface area contributed by atoms with Crippen LogP contribution in [0, 0.1) is 11.8 Å². The van der Waals surface area contributed by atoms with Gasteiger partial charge in [-0.25, -0.2) is 4.98 Å². The first-order valence-electron chi connectivity index (χ1n) is 13.2. The molecule has 0 unspecified atom stereocenters. The number of esters is 1. The molecule has 0 spiro atoms. The molecule has 0 aliphatic carbocycles. The maximum absolute atomic E-state index is 13.5. The van der Waals surface area contributed by atoms with E-state index in [1.54, 1.807) is 0 Å². The van der Waals surface area contributed by atoms with Crippen LogP contribution in [0.2, 0.25) is 0 Å². The topological polar surface area (TPSA) is 67.1 Å². The van der Waals surface area contributed by atoms with Gasteiger partial charge in [0, 0.05) is 31.4 Å². The molecule has 0 saturated heterocycles. The lowest BCUT2D eigenvalue weighted by Crippen LogP contribution is -2.34. The van der Waals surface area contributed by atoms with Crippen molar-refractivity contribution in [3.63, 3.8) is 0 Å². The predicted octanol–water partition coefficient (Wildman–Crippen LogP) is 4.86. The maximum Gasteiger partial charge on any atom is 0.306 e. The highest BCUT2D eigenvalue weighted by molar-refractivity contribution is 5.94. The van der Waals surface area contributed by atoms with Crippen LogP contribution in [0.5, 0.6) is 0 Å². The van der Waals surface area contributed by atoms with Crippen molar-refractivity contribution in [1.82, 2.24) is 19.2 Å². The first-order chi connectivity index (χ1) is 16.6. The molecule has 0 saturated carbocycles. The number of carbonyl (C=O) groups excluding carboxylic acids is 2. The van der Waals surface area contributed by atoms with Gasteiger partial charge in [-0.1, -0.05) is 27.7 Å². The molecular weight excluding hydrogens is 440 g/mol. The van der Waals surface area contributed by atoms with E-state index in [-0.39, 0.29) is 11.9 Å². The molecule has 7 nitrogen and oxygen atoms in total. The molecule has 2 aromatic heterocycles. The molecule has 2 rings (SSSR count). The Morgan fingerprint density at radius 2 is 1.66 bits per heavy atom. The second-order valence-corrected chi connectivity index (χ2v) is 10.5. The van der Waals surface area contributed by atoms with Gasteiger partial charge >= 0.3 is 5.97 Å². The summed E-state index contributed by atoms with van der Waals surface area (Å²) in [4.78, 5) is 34.5. The molecule has 0 atom stereocenters. The Kier molecular flexibility index (Phi) is 11.7. The highest BCUT2D eigenvalue weighted by Crippen LogP contribution is 2.20. The van der Waals surface area contributed by atoms with E-state index in [0.717, 1.165) is 62.4 Å². The molecule has 0 N–H and O–H groups in total. The van der Waals surface area contributed by atoms with Crippen molar-refractivity contribution in [2.45, 2.75) is 73.1 Å². The lowest BCUT2D eigenvalue weighted by Gasteiger charge is -2.24. The molecule has 35 heavy (non-hydrogen) atoms. The number of hydrogen-bond acceptors (Lipinski definition) is 5. The highest BCUT2D eigenvalue weighted by atomic mass is 16.5. The number of rotatable bonds is 15. The number of nitrogens with zero attached hydrogens (tertiary/aromatic N) is 4. The first kappa shape index (κ1) is 28.8. The van der Waals surface area contributed by atoms with Gasteiger partial charge in [0.15, 0.2) is 0 Å². The Morgan fingerprint density at radius 3 is 2.23 bits per heavy atom. The number of fused-ring (bicyclic) bond motifs is 1. The molecule has 0 aromatic carbocycles. The number of ether oxygens (including phenoxy) is 1. The van der Waals surface area contributed by atoms with Crippen LogP contribution in [0.25, 0.3) is 5.65 Å². The fourth-order valence-corrected chi connectivity index (χ4v) is 4.08. The third-order valence-electron chi connectivity index (χ3n) is 6.18. The first-order valence-corrected chi connectivity index (χ1v) is 13.2. The standard InChI is InChI=1S/C28H46N4O3/c1-8-35-27(33)14-12-24-25(10-9-17-30(6)7)32-20-23(11-13-26(32)29-24)28(34)31(18-15-21(2)3)19-16-22(4)5/h11,13,20-22H,8-10,12,14-19H2,1-7H3. The van der Waals surface area contributed by atoms with Crippen molar-refractivity contribution in [3.8, 4) is 0 Å². The van der Waals surface area contributed by atoms with Crippen LogP contribution in [0.15, 0.2) is 18.3 Å². The van der Waals surface area contributed by atoms with E-state index >= 15 is 0 Å². The summed E-state index contributed by atoms with van der Waals surface area (Å²) in [6, 6.07) is 3.82. The number of carbonyl (C=O) groups is 2. The lowest BCUT2D eigenvalue weighted by molar-refractivity contribution is -0.143. The van der Waals surface area contributed by atoms with E-state index in [9.17, 15) is 9.59 Å². The predicted molar refractivity (Wildman–Crippen MR) is 142 cm³/mol. The van der Waals surface area contributed by atoms with Gasteiger partial charge in [0.05, 0.1) is 24.3 Å². The summed E-state index contributed by atoms with van der Waals surface area (Å²) < 4.78 is 7.18. The van der Waals surface area contributed by atoms with Crippen molar-refractivity contribution in [2.75, 3.05) is 40.3 Å². The molecule has 0 fully saturated rings. The Bertz CT molecular complexity index is 937. The van der Waals surface area contributed by atoms with Gasteiger partial charge in [-0.15, -0.1) is 0 Å². The van der Waals surface area contributed by atoms with Crippen molar-refractivity contribution < 1.29 is 14.3 Å². The van der Waals surface area contributed by atoms with Crippen LogP contribution in [0.4, 0.5) is 0 Å². The van der Waals surface area contributed by atoms with E-state index in [1.165, 1.54) is 0 Å². The van der Waals surface area contributed by atoms with Gasteiger partial charge in [-0.05, 0) is 77.2 Å². The summed E-state index contributed by atoms with van der Waals surface area (Å²) in [7, 11) is 4.13. The summed E-state index contributed by atoms with van der Waals surface area (Å²) in [5.74, 6) is 0.969. The van der Waals surface area contributed by atoms with Gasteiger partial charge in [-0.2, -0.15) is 0 Å². The average Bonchev–Trinajstić information content (AvgIpc) is 3.13. The summed E-state index contributed by atoms with van der Waals surface area (Å²) in [5.41, 5.74) is 3.50. The van der Waals surface area contributed by atoms with Gasteiger partial charge in [-0.3, -0.25) is 9.59 Å². The van der Waals surface area contributed by atoms with Gasteiger partial charge in [0.1, 0.15) is 5.65 Å². The largest absolute Gasteiger partial charge is 0.466 e. The van der Waals surface area contributed by atoms with Gasteiger partial charge in [0.25, 0.3) is 5.91 Å². The molecule has 2 heterocycles. The van der Waals surface area contributed by atoms with Crippen LogP contribution >= 0.6 is 0 Å². The van der Waals surface area contributed by atoms with Crippen LogP contribution < -0.4 is 0 Å². The van der Waals surface area contributed by atoms with Crippen LogP contribution in [-0.2, 0) is 22.4 Å². The Balaban J connectivity index is 2.35. The molecular formula is C28H46N4O3. The minimum atomic E-state index is -0.203. The zero-order chi connectivity index (χ0) is 26.0. The number of amides is 1. The molecule has 2 aromatic rings. The van der Waals surface area contributed by atoms with Gasteiger partial charge < -0.3 is 18.9 Å². The second-order valence-electron chi connectivity index (χ2n) is 10.5. The van der Waals surface area contributed by atoms with E-state index in [1.807, 2.05) is 30.2 Å².